The Labute approximate surface area is 143 Å². The van der Waals surface area contributed by atoms with Gasteiger partial charge in [0.1, 0.15) is 17.8 Å². The molecule has 3 aromatic heterocycles. The largest absolute Gasteiger partial charge is 0.369 e. The summed E-state index contributed by atoms with van der Waals surface area (Å²) >= 11 is 0. The molecule has 3 heterocycles. The molecule has 4 rings (SSSR count). The zero-order valence-corrected chi connectivity index (χ0v) is 14.1. The molecule has 0 radical (unpaired) electrons. The summed E-state index contributed by atoms with van der Waals surface area (Å²) in [5, 5.41) is 20.8. The van der Waals surface area contributed by atoms with Crippen molar-refractivity contribution in [2.45, 2.75) is 6.42 Å². The number of fused-ring (bicyclic) bond motifs is 3. The van der Waals surface area contributed by atoms with Crippen LogP contribution in [0.5, 0.6) is 0 Å². The molecule has 9 nitrogen and oxygen atoms in total. The average molecular weight is 337 g/mol. The first-order chi connectivity index (χ1) is 12.3. The predicted molar refractivity (Wildman–Crippen MR) is 96.2 cm³/mol. The zero-order valence-electron chi connectivity index (χ0n) is 14.1. The molecule has 0 saturated heterocycles. The number of nitrogens with one attached hydrogen (secondary N) is 3. The number of H-pyrrole nitrogens is 1. The van der Waals surface area contributed by atoms with Crippen LogP contribution in [0.1, 0.15) is 6.42 Å². The number of hydrogen-bond acceptors (Lipinski definition) is 7. The Balaban J connectivity index is 1.74. The van der Waals surface area contributed by atoms with Gasteiger partial charge < -0.3 is 15.6 Å². The number of aromatic amines is 1. The summed E-state index contributed by atoms with van der Waals surface area (Å²) in [6, 6.07) is 6.05. The summed E-state index contributed by atoms with van der Waals surface area (Å²) in [4.78, 5) is 13.6. The molecule has 0 bridgehead atoms. The lowest BCUT2D eigenvalue weighted by Gasteiger charge is -2.06. The number of nitrogens with zero attached hydrogens (tertiary/aromatic N) is 6. The number of tetrazole rings is 1. The molecule has 4 aromatic rings. The number of aryl methyl sites for hydroxylation is 1. The van der Waals surface area contributed by atoms with Gasteiger partial charge in [-0.25, -0.2) is 9.97 Å². The van der Waals surface area contributed by atoms with Crippen LogP contribution < -0.4 is 10.6 Å². The highest BCUT2D eigenvalue weighted by Gasteiger charge is 2.13. The van der Waals surface area contributed by atoms with Gasteiger partial charge in [-0.15, -0.1) is 10.2 Å². The molecule has 25 heavy (non-hydrogen) atoms. The van der Waals surface area contributed by atoms with Gasteiger partial charge in [0.25, 0.3) is 0 Å². The van der Waals surface area contributed by atoms with Crippen molar-refractivity contribution in [1.29, 1.82) is 0 Å². The van der Waals surface area contributed by atoms with Gasteiger partial charge in [-0.2, -0.15) is 4.80 Å². The van der Waals surface area contributed by atoms with Crippen molar-refractivity contribution >= 4 is 27.8 Å². The van der Waals surface area contributed by atoms with E-state index in [0.29, 0.717) is 5.82 Å². The van der Waals surface area contributed by atoms with Gasteiger partial charge in [0.15, 0.2) is 0 Å². The van der Waals surface area contributed by atoms with E-state index in [1.54, 1.807) is 13.4 Å². The van der Waals surface area contributed by atoms with Crippen molar-refractivity contribution in [3.05, 3.63) is 24.5 Å². The van der Waals surface area contributed by atoms with Crippen LogP contribution in [0.3, 0.4) is 0 Å². The molecule has 0 spiro atoms. The Hall–Kier alpha value is -3.07. The van der Waals surface area contributed by atoms with Crippen LogP contribution in [0.15, 0.2) is 24.5 Å². The summed E-state index contributed by atoms with van der Waals surface area (Å²) in [6.45, 7) is 1.81. The quantitative estimate of drug-likeness (QED) is 0.455. The summed E-state index contributed by atoms with van der Waals surface area (Å²) in [5.74, 6) is 1.44. The molecule has 0 aliphatic rings. The standard InChI is InChI=1S/C16H19N9/c1-17-6-3-7-18-15-13-11-5-4-10(14-22-24-25(2)23-14)8-12(11)21-16(13)20-9-19-15/h4-5,8-9,17H,3,6-7H2,1-2H3,(H2,18,19,20,21). The Kier molecular flexibility index (Phi) is 3.98. The molecule has 0 amide bonds. The van der Waals surface area contributed by atoms with E-state index in [0.717, 1.165) is 52.8 Å². The summed E-state index contributed by atoms with van der Waals surface area (Å²) in [6.07, 6.45) is 2.59. The van der Waals surface area contributed by atoms with Gasteiger partial charge in [0.2, 0.25) is 5.82 Å². The number of rotatable bonds is 6. The average Bonchev–Trinajstić information content (AvgIpc) is 3.21. The van der Waals surface area contributed by atoms with Crippen LogP contribution in [0.4, 0.5) is 5.82 Å². The van der Waals surface area contributed by atoms with Gasteiger partial charge in [-0.1, -0.05) is 12.1 Å². The first kappa shape index (κ1) is 15.5. The topological polar surface area (TPSA) is 109 Å². The molecule has 0 fully saturated rings. The number of anilines is 1. The molecular formula is C16H19N9. The second kappa shape index (κ2) is 6.44. The second-order valence-electron chi connectivity index (χ2n) is 5.82. The lowest BCUT2D eigenvalue weighted by atomic mass is 10.1. The zero-order chi connectivity index (χ0) is 17.2. The van der Waals surface area contributed by atoms with E-state index in [2.05, 4.69) is 41.0 Å². The monoisotopic (exact) mass is 337 g/mol. The molecule has 0 unspecified atom stereocenters. The third-order valence-electron chi connectivity index (χ3n) is 4.05. The van der Waals surface area contributed by atoms with Crippen molar-refractivity contribution < 1.29 is 0 Å². The third kappa shape index (κ3) is 2.89. The van der Waals surface area contributed by atoms with Crippen LogP contribution in [-0.4, -0.2) is 55.3 Å². The number of benzene rings is 1. The van der Waals surface area contributed by atoms with E-state index in [9.17, 15) is 0 Å². The first-order valence-corrected chi connectivity index (χ1v) is 8.15. The first-order valence-electron chi connectivity index (χ1n) is 8.15. The van der Waals surface area contributed by atoms with Crippen molar-refractivity contribution in [3.63, 3.8) is 0 Å². The molecule has 3 N–H and O–H groups in total. The van der Waals surface area contributed by atoms with E-state index in [-0.39, 0.29) is 0 Å². The normalized spacial score (nSPS) is 11.4. The lowest BCUT2D eigenvalue weighted by Crippen LogP contribution is -2.13. The maximum atomic E-state index is 4.41. The molecule has 0 aliphatic carbocycles. The maximum absolute atomic E-state index is 4.41. The molecule has 0 saturated carbocycles. The van der Waals surface area contributed by atoms with E-state index in [4.69, 9.17) is 0 Å². The Morgan fingerprint density at radius 3 is 2.92 bits per heavy atom. The third-order valence-corrected chi connectivity index (χ3v) is 4.05. The van der Waals surface area contributed by atoms with Crippen molar-refractivity contribution in [2.75, 3.05) is 25.5 Å². The molecule has 1 aromatic carbocycles. The fourth-order valence-corrected chi connectivity index (χ4v) is 2.87. The van der Waals surface area contributed by atoms with Crippen molar-refractivity contribution in [1.82, 2.24) is 40.5 Å². The lowest BCUT2D eigenvalue weighted by molar-refractivity contribution is 0.630. The van der Waals surface area contributed by atoms with Crippen LogP contribution in [-0.2, 0) is 7.05 Å². The fraction of sp³-hybridized carbons (Fsp3) is 0.312. The Morgan fingerprint density at radius 2 is 2.12 bits per heavy atom. The highest BCUT2D eigenvalue weighted by atomic mass is 15.6. The number of aromatic nitrogens is 7. The maximum Gasteiger partial charge on any atom is 0.204 e. The number of hydrogen-bond donors (Lipinski definition) is 3. The van der Waals surface area contributed by atoms with Crippen LogP contribution in [0.2, 0.25) is 0 Å². The van der Waals surface area contributed by atoms with Gasteiger partial charge in [-0.3, -0.25) is 0 Å². The molecular weight excluding hydrogens is 318 g/mol. The van der Waals surface area contributed by atoms with Crippen molar-refractivity contribution in [3.8, 4) is 11.4 Å². The minimum Gasteiger partial charge on any atom is -0.369 e. The Morgan fingerprint density at radius 1 is 1.20 bits per heavy atom. The molecule has 0 atom stereocenters. The molecule has 9 heteroatoms. The molecule has 128 valence electrons. The molecule has 0 aliphatic heterocycles. The summed E-state index contributed by atoms with van der Waals surface area (Å²) < 4.78 is 0. The smallest absolute Gasteiger partial charge is 0.204 e. The highest BCUT2D eigenvalue weighted by Crippen LogP contribution is 2.31. The van der Waals surface area contributed by atoms with Gasteiger partial charge in [-0.05, 0) is 31.3 Å². The van der Waals surface area contributed by atoms with E-state index < -0.39 is 0 Å². The summed E-state index contributed by atoms with van der Waals surface area (Å²) in [5.41, 5.74) is 2.69. The minimum atomic E-state index is 0.597. The highest BCUT2D eigenvalue weighted by molar-refractivity contribution is 6.11. The van der Waals surface area contributed by atoms with Crippen LogP contribution in [0.25, 0.3) is 33.3 Å². The van der Waals surface area contributed by atoms with Gasteiger partial charge in [0, 0.05) is 23.0 Å². The Bertz CT molecular complexity index is 1020. The van der Waals surface area contributed by atoms with Crippen molar-refractivity contribution in [2.24, 2.45) is 7.05 Å². The summed E-state index contributed by atoms with van der Waals surface area (Å²) in [7, 11) is 3.70. The van der Waals surface area contributed by atoms with Crippen LogP contribution >= 0.6 is 0 Å². The predicted octanol–water partition coefficient (Wildman–Crippen LogP) is 1.32. The minimum absolute atomic E-state index is 0.597. The fourth-order valence-electron chi connectivity index (χ4n) is 2.87. The second-order valence-corrected chi connectivity index (χ2v) is 5.82. The van der Waals surface area contributed by atoms with Gasteiger partial charge in [0.05, 0.1) is 12.4 Å². The van der Waals surface area contributed by atoms with E-state index >= 15 is 0 Å². The van der Waals surface area contributed by atoms with Crippen LogP contribution in [0, 0.1) is 0 Å². The van der Waals surface area contributed by atoms with Gasteiger partial charge >= 0.3 is 0 Å². The van der Waals surface area contributed by atoms with E-state index in [1.807, 2.05) is 25.2 Å². The van der Waals surface area contributed by atoms with E-state index in [1.165, 1.54) is 4.80 Å². The SMILES string of the molecule is CNCCCNc1ncnc2[nH]c3cc(-c4nnn(C)n4)ccc3c12.